The third kappa shape index (κ3) is 4.42. The summed E-state index contributed by atoms with van der Waals surface area (Å²) in [4.78, 5) is 0. The molecule has 96 valence electrons. The topological polar surface area (TPSA) is 26.0 Å². The van der Waals surface area contributed by atoms with Gasteiger partial charge in [-0.3, -0.25) is 0 Å². The molecule has 2 heteroatoms. The van der Waals surface area contributed by atoms with Crippen LogP contribution in [0.3, 0.4) is 0 Å². The molecular formula is C17H16BrN. The Balaban J connectivity index is 1.90. The van der Waals surface area contributed by atoms with Crippen LogP contribution in [-0.4, -0.2) is 0 Å². The molecule has 0 saturated carbocycles. The minimum atomic E-state index is 0.815. The smallest absolute Gasteiger partial charge is 0.0387 e. The lowest BCUT2D eigenvalue weighted by atomic mass is 10.1. The molecule has 0 aliphatic heterocycles. The van der Waals surface area contributed by atoms with E-state index < -0.39 is 0 Å². The van der Waals surface area contributed by atoms with Crippen molar-refractivity contribution in [3.8, 4) is 0 Å². The van der Waals surface area contributed by atoms with Crippen LogP contribution in [0.1, 0.15) is 17.5 Å². The number of hydrogen-bond donors (Lipinski definition) is 1. The highest BCUT2D eigenvalue weighted by Gasteiger charge is 1.90. The zero-order valence-corrected chi connectivity index (χ0v) is 12.2. The molecule has 0 aliphatic rings. The van der Waals surface area contributed by atoms with Crippen LogP contribution in [0, 0.1) is 0 Å². The van der Waals surface area contributed by atoms with Gasteiger partial charge in [-0.2, -0.15) is 0 Å². The van der Waals surface area contributed by atoms with E-state index in [9.17, 15) is 0 Å². The molecule has 2 aromatic rings. The van der Waals surface area contributed by atoms with Crippen molar-refractivity contribution in [3.63, 3.8) is 0 Å². The van der Waals surface area contributed by atoms with E-state index >= 15 is 0 Å². The van der Waals surface area contributed by atoms with Gasteiger partial charge in [0.2, 0.25) is 0 Å². The van der Waals surface area contributed by atoms with Crippen LogP contribution in [0.2, 0.25) is 0 Å². The lowest BCUT2D eigenvalue weighted by Crippen LogP contribution is -1.86. The number of benzene rings is 2. The number of para-hydroxylation sites is 1. The summed E-state index contributed by atoms with van der Waals surface area (Å²) >= 11 is 3.42. The van der Waals surface area contributed by atoms with Crippen molar-refractivity contribution in [3.05, 3.63) is 76.3 Å². The maximum absolute atomic E-state index is 5.87. The Morgan fingerprint density at radius 2 is 1.58 bits per heavy atom. The summed E-state index contributed by atoms with van der Waals surface area (Å²) in [6.07, 6.45) is 9.32. The first-order chi connectivity index (χ1) is 9.25. The largest absolute Gasteiger partial charge is 0.398 e. The van der Waals surface area contributed by atoms with Crippen molar-refractivity contribution in [1.29, 1.82) is 0 Å². The Labute approximate surface area is 122 Å². The predicted octanol–water partition coefficient (Wildman–Crippen LogP) is 5.15. The van der Waals surface area contributed by atoms with Gasteiger partial charge in [0, 0.05) is 10.2 Å². The van der Waals surface area contributed by atoms with Crippen LogP contribution in [0.25, 0.3) is 12.2 Å². The maximum Gasteiger partial charge on any atom is 0.0387 e. The quantitative estimate of drug-likeness (QED) is 0.776. The number of nitrogens with two attached hydrogens (primary N) is 1. The van der Waals surface area contributed by atoms with Crippen LogP contribution in [0.4, 0.5) is 5.69 Å². The van der Waals surface area contributed by atoms with Crippen LogP contribution in [0.5, 0.6) is 0 Å². The number of hydrogen-bond acceptors (Lipinski definition) is 1. The Hall–Kier alpha value is -1.80. The highest BCUT2D eigenvalue weighted by Crippen LogP contribution is 2.13. The van der Waals surface area contributed by atoms with E-state index in [1.54, 1.807) is 0 Å². The molecule has 0 saturated heterocycles. The Morgan fingerprint density at radius 1 is 0.895 bits per heavy atom. The summed E-state index contributed by atoms with van der Waals surface area (Å²) in [5.74, 6) is 0. The number of allylic oxidation sites excluding steroid dienone is 2. The first-order valence-corrected chi connectivity index (χ1v) is 6.98. The first kappa shape index (κ1) is 13.6. The molecular weight excluding hydrogens is 298 g/mol. The molecule has 0 heterocycles. The van der Waals surface area contributed by atoms with Gasteiger partial charge in [-0.1, -0.05) is 70.6 Å². The summed E-state index contributed by atoms with van der Waals surface area (Å²) < 4.78 is 1.10. The minimum absolute atomic E-state index is 0.815. The molecule has 2 aromatic carbocycles. The first-order valence-electron chi connectivity index (χ1n) is 6.19. The number of nitrogen functional groups attached to an aromatic ring is 1. The molecule has 0 aromatic heterocycles. The fraction of sp³-hybridized carbons (Fsp3) is 0.0588. The SMILES string of the molecule is Nc1ccccc1/C=C\C/C=C/c1ccc(Br)cc1. The number of anilines is 1. The van der Waals surface area contributed by atoms with E-state index in [2.05, 4.69) is 52.4 Å². The average molecular weight is 314 g/mol. The van der Waals surface area contributed by atoms with E-state index in [-0.39, 0.29) is 0 Å². The Bertz CT molecular complexity index is 582. The van der Waals surface area contributed by atoms with E-state index in [0.717, 1.165) is 22.1 Å². The molecule has 19 heavy (non-hydrogen) atoms. The van der Waals surface area contributed by atoms with Crippen molar-refractivity contribution in [2.24, 2.45) is 0 Å². The lowest BCUT2D eigenvalue weighted by Gasteiger charge is -1.97. The molecule has 0 bridgehead atoms. The molecule has 2 N–H and O–H groups in total. The summed E-state index contributed by atoms with van der Waals surface area (Å²) in [5.41, 5.74) is 8.96. The maximum atomic E-state index is 5.87. The van der Waals surface area contributed by atoms with Gasteiger partial charge in [0.15, 0.2) is 0 Å². The molecule has 2 rings (SSSR count). The van der Waals surface area contributed by atoms with Crippen molar-refractivity contribution in [2.75, 3.05) is 5.73 Å². The minimum Gasteiger partial charge on any atom is -0.398 e. The molecule has 0 amide bonds. The molecule has 0 aliphatic carbocycles. The van der Waals surface area contributed by atoms with E-state index in [0.29, 0.717) is 0 Å². The summed E-state index contributed by atoms with van der Waals surface area (Å²) in [7, 11) is 0. The van der Waals surface area contributed by atoms with Gasteiger partial charge in [0.1, 0.15) is 0 Å². The normalized spacial score (nSPS) is 11.4. The molecule has 0 spiro atoms. The Morgan fingerprint density at radius 3 is 2.32 bits per heavy atom. The highest BCUT2D eigenvalue weighted by molar-refractivity contribution is 9.10. The van der Waals surface area contributed by atoms with Crippen LogP contribution < -0.4 is 5.73 Å². The van der Waals surface area contributed by atoms with Gasteiger partial charge in [-0.25, -0.2) is 0 Å². The van der Waals surface area contributed by atoms with Gasteiger partial charge in [-0.05, 0) is 35.7 Å². The van der Waals surface area contributed by atoms with E-state index in [1.807, 2.05) is 36.4 Å². The van der Waals surface area contributed by atoms with Crippen molar-refractivity contribution in [2.45, 2.75) is 6.42 Å². The summed E-state index contributed by atoms with van der Waals surface area (Å²) in [6.45, 7) is 0. The van der Waals surface area contributed by atoms with E-state index in [4.69, 9.17) is 5.73 Å². The molecule has 0 radical (unpaired) electrons. The van der Waals surface area contributed by atoms with Gasteiger partial charge in [0.25, 0.3) is 0 Å². The second-order valence-electron chi connectivity index (χ2n) is 4.22. The Kier molecular flexibility index (Phi) is 4.99. The van der Waals surface area contributed by atoms with Gasteiger partial charge >= 0.3 is 0 Å². The van der Waals surface area contributed by atoms with Crippen LogP contribution in [0.15, 0.2) is 65.2 Å². The highest BCUT2D eigenvalue weighted by atomic mass is 79.9. The number of halogens is 1. The second-order valence-corrected chi connectivity index (χ2v) is 5.14. The third-order valence-corrected chi connectivity index (χ3v) is 3.27. The van der Waals surface area contributed by atoms with Crippen molar-refractivity contribution in [1.82, 2.24) is 0 Å². The zero-order valence-electron chi connectivity index (χ0n) is 10.6. The fourth-order valence-electron chi connectivity index (χ4n) is 1.71. The standard InChI is InChI=1S/C17H16BrN/c18-16-12-10-14(11-13-16)6-2-1-3-7-15-8-4-5-9-17(15)19/h2-13H,1,19H2/b6-2+,7-3-. The van der Waals surface area contributed by atoms with Gasteiger partial charge < -0.3 is 5.73 Å². The molecule has 0 unspecified atom stereocenters. The van der Waals surface area contributed by atoms with Crippen molar-refractivity contribution >= 4 is 33.8 Å². The lowest BCUT2D eigenvalue weighted by molar-refractivity contribution is 1.42. The van der Waals surface area contributed by atoms with E-state index in [1.165, 1.54) is 5.56 Å². The molecule has 1 nitrogen and oxygen atoms in total. The number of rotatable bonds is 4. The third-order valence-electron chi connectivity index (χ3n) is 2.75. The predicted molar refractivity (Wildman–Crippen MR) is 87.7 cm³/mol. The second kappa shape index (κ2) is 6.95. The van der Waals surface area contributed by atoms with Gasteiger partial charge in [-0.15, -0.1) is 0 Å². The van der Waals surface area contributed by atoms with Crippen molar-refractivity contribution < 1.29 is 0 Å². The monoisotopic (exact) mass is 313 g/mol. The summed E-state index contributed by atoms with van der Waals surface area (Å²) in [6, 6.07) is 16.1. The van der Waals surface area contributed by atoms with Crippen LogP contribution in [-0.2, 0) is 0 Å². The average Bonchev–Trinajstić information content (AvgIpc) is 2.42. The summed E-state index contributed by atoms with van der Waals surface area (Å²) in [5, 5.41) is 0. The zero-order chi connectivity index (χ0) is 13.5. The molecule has 0 fully saturated rings. The van der Waals surface area contributed by atoms with Gasteiger partial charge in [0.05, 0.1) is 0 Å². The fourth-order valence-corrected chi connectivity index (χ4v) is 1.98. The van der Waals surface area contributed by atoms with Crippen LogP contribution >= 0.6 is 15.9 Å². The molecule has 0 atom stereocenters.